The number of methoxy groups -OCH3 is 2. The van der Waals surface area contributed by atoms with E-state index < -0.39 is 0 Å². The van der Waals surface area contributed by atoms with E-state index in [9.17, 15) is 0 Å². The number of rotatable bonds is 5. The SMILES string of the molecule is COc1ccc(C(C)NC2CCCNCC2)cc1OC. The van der Waals surface area contributed by atoms with Gasteiger partial charge in [0, 0.05) is 12.1 Å². The zero-order chi connectivity index (χ0) is 14.4. The van der Waals surface area contributed by atoms with Crippen molar-refractivity contribution in [1.82, 2.24) is 10.6 Å². The molecule has 1 aromatic rings. The van der Waals surface area contributed by atoms with Crippen molar-refractivity contribution in [3.63, 3.8) is 0 Å². The topological polar surface area (TPSA) is 42.5 Å². The second-order valence-corrected chi connectivity index (χ2v) is 5.38. The van der Waals surface area contributed by atoms with Crippen LogP contribution in [0.4, 0.5) is 0 Å². The standard InChI is InChI=1S/C16H26N2O2/c1-12(18-14-5-4-9-17-10-8-14)13-6-7-15(19-2)16(11-13)20-3/h6-7,11-12,14,17-18H,4-5,8-10H2,1-3H3. The average Bonchev–Trinajstić information content (AvgIpc) is 2.75. The van der Waals surface area contributed by atoms with Crippen LogP contribution in [-0.4, -0.2) is 33.4 Å². The van der Waals surface area contributed by atoms with Crippen LogP contribution in [0.3, 0.4) is 0 Å². The molecule has 1 aliphatic rings. The molecule has 1 aromatic carbocycles. The zero-order valence-corrected chi connectivity index (χ0v) is 12.7. The summed E-state index contributed by atoms with van der Waals surface area (Å²) in [6.45, 7) is 4.46. The molecule has 1 fully saturated rings. The Kier molecular flexibility index (Phi) is 5.68. The van der Waals surface area contributed by atoms with Gasteiger partial charge >= 0.3 is 0 Å². The van der Waals surface area contributed by atoms with Gasteiger partial charge in [0.05, 0.1) is 14.2 Å². The molecule has 1 saturated heterocycles. The van der Waals surface area contributed by atoms with Crippen LogP contribution >= 0.6 is 0 Å². The molecule has 4 heteroatoms. The van der Waals surface area contributed by atoms with E-state index in [1.165, 1.54) is 24.8 Å². The minimum Gasteiger partial charge on any atom is -0.493 e. The van der Waals surface area contributed by atoms with E-state index in [1.54, 1.807) is 14.2 Å². The molecule has 0 bridgehead atoms. The molecule has 4 nitrogen and oxygen atoms in total. The fourth-order valence-corrected chi connectivity index (χ4v) is 2.76. The minimum atomic E-state index is 0.318. The molecule has 0 aliphatic carbocycles. The normalized spacial score (nSPS) is 21.1. The van der Waals surface area contributed by atoms with Gasteiger partial charge in [-0.1, -0.05) is 6.07 Å². The van der Waals surface area contributed by atoms with Gasteiger partial charge in [0.2, 0.25) is 0 Å². The summed E-state index contributed by atoms with van der Waals surface area (Å²) in [5, 5.41) is 7.17. The Hall–Kier alpha value is -1.26. The Bertz CT molecular complexity index is 415. The molecule has 112 valence electrons. The van der Waals surface area contributed by atoms with Gasteiger partial charge in [-0.3, -0.25) is 0 Å². The lowest BCUT2D eigenvalue weighted by Gasteiger charge is -2.23. The molecule has 2 atom stereocenters. The number of benzene rings is 1. The summed E-state index contributed by atoms with van der Waals surface area (Å²) in [6, 6.07) is 7.05. The second-order valence-electron chi connectivity index (χ2n) is 5.38. The third-order valence-electron chi connectivity index (χ3n) is 3.97. The van der Waals surface area contributed by atoms with Crippen molar-refractivity contribution in [1.29, 1.82) is 0 Å². The first kappa shape index (κ1) is 15.1. The lowest BCUT2D eigenvalue weighted by molar-refractivity contribution is 0.353. The van der Waals surface area contributed by atoms with E-state index in [2.05, 4.69) is 29.7 Å². The molecular formula is C16H26N2O2. The Balaban J connectivity index is 2.02. The Morgan fingerprint density at radius 2 is 1.95 bits per heavy atom. The quantitative estimate of drug-likeness (QED) is 0.868. The summed E-state index contributed by atoms with van der Waals surface area (Å²) in [5.41, 5.74) is 1.24. The van der Waals surface area contributed by atoms with Crippen molar-refractivity contribution in [3.05, 3.63) is 23.8 Å². The van der Waals surface area contributed by atoms with E-state index in [-0.39, 0.29) is 0 Å². The van der Waals surface area contributed by atoms with Gasteiger partial charge in [-0.05, 0) is 57.0 Å². The Labute approximate surface area is 121 Å². The van der Waals surface area contributed by atoms with Crippen molar-refractivity contribution < 1.29 is 9.47 Å². The van der Waals surface area contributed by atoms with E-state index >= 15 is 0 Å². The van der Waals surface area contributed by atoms with E-state index in [4.69, 9.17) is 9.47 Å². The highest BCUT2D eigenvalue weighted by molar-refractivity contribution is 5.43. The van der Waals surface area contributed by atoms with Crippen LogP contribution in [0.5, 0.6) is 11.5 Å². The lowest BCUT2D eigenvalue weighted by atomic mass is 10.0. The monoisotopic (exact) mass is 278 g/mol. The minimum absolute atomic E-state index is 0.318. The number of nitrogens with one attached hydrogen (secondary N) is 2. The smallest absolute Gasteiger partial charge is 0.161 e. The molecule has 1 heterocycles. The van der Waals surface area contributed by atoms with Gasteiger partial charge in [-0.2, -0.15) is 0 Å². The van der Waals surface area contributed by atoms with Crippen LogP contribution in [0.25, 0.3) is 0 Å². The highest BCUT2D eigenvalue weighted by atomic mass is 16.5. The van der Waals surface area contributed by atoms with E-state index in [0.717, 1.165) is 24.6 Å². The molecule has 0 aromatic heterocycles. The predicted molar refractivity (Wildman–Crippen MR) is 81.6 cm³/mol. The molecule has 2 unspecified atom stereocenters. The van der Waals surface area contributed by atoms with Crippen LogP contribution in [-0.2, 0) is 0 Å². The maximum absolute atomic E-state index is 5.37. The van der Waals surface area contributed by atoms with Gasteiger partial charge < -0.3 is 20.1 Å². The maximum Gasteiger partial charge on any atom is 0.161 e. The van der Waals surface area contributed by atoms with Crippen LogP contribution in [0.15, 0.2) is 18.2 Å². The highest BCUT2D eigenvalue weighted by Gasteiger charge is 2.16. The highest BCUT2D eigenvalue weighted by Crippen LogP contribution is 2.30. The number of hydrogen-bond donors (Lipinski definition) is 2. The summed E-state index contributed by atoms with van der Waals surface area (Å²) >= 11 is 0. The predicted octanol–water partition coefficient (Wildman–Crippen LogP) is 2.50. The van der Waals surface area contributed by atoms with Gasteiger partial charge in [-0.15, -0.1) is 0 Å². The van der Waals surface area contributed by atoms with Gasteiger partial charge in [-0.25, -0.2) is 0 Å². The van der Waals surface area contributed by atoms with Crippen LogP contribution < -0.4 is 20.1 Å². The second kappa shape index (κ2) is 7.50. The summed E-state index contributed by atoms with van der Waals surface area (Å²) in [5.74, 6) is 1.57. The van der Waals surface area contributed by atoms with Crippen molar-refractivity contribution in [2.75, 3.05) is 27.3 Å². The number of hydrogen-bond acceptors (Lipinski definition) is 4. The molecule has 0 spiro atoms. The first-order valence-corrected chi connectivity index (χ1v) is 7.43. The van der Waals surface area contributed by atoms with Crippen LogP contribution in [0.2, 0.25) is 0 Å². The number of ether oxygens (including phenoxy) is 2. The Morgan fingerprint density at radius 3 is 2.70 bits per heavy atom. The van der Waals surface area contributed by atoms with E-state index in [1.807, 2.05) is 6.07 Å². The van der Waals surface area contributed by atoms with Gasteiger partial charge in [0.1, 0.15) is 0 Å². The molecule has 2 rings (SSSR count). The first-order chi connectivity index (χ1) is 9.74. The summed E-state index contributed by atoms with van der Waals surface area (Å²) < 4.78 is 10.7. The zero-order valence-electron chi connectivity index (χ0n) is 12.7. The van der Waals surface area contributed by atoms with Gasteiger partial charge in [0.15, 0.2) is 11.5 Å². The fraction of sp³-hybridized carbons (Fsp3) is 0.625. The van der Waals surface area contributed by atoms with Crippen molar-refractivity contribution in [2.24, 2.45) is 0 Å². The first-order valence-electron chi connectivity index (χ1n) is 7.43. The third kappa shape index (κ3) is 3.87. The third-order valence-corrected chi connectivity index (χ3v) is 3.97. The van der Waals surface area contributed by atoms with Crippen LogP contribution in [0.1, 0.15) is 37.8 Å². The molecule has 0 amide bonds. The van der Waals surface area contributed by atoms with Crippen molar-refractivity contribution in [2.45, 2.75) is 38.3 Å². The molecule has 0 saturated carbocycles. The molecule has 2 N–H and O–H groups in total. The maximum atomic E-state index is 5.37. The summed E-state index contributed by atoms with van der Waals surface area (Å²) in [6.07, 6.45) is 3.68. The molecule has 1 aliphatic heterocycles. The molecule has 0 radical (unpaired) electrons. The van der Waals surface area contributed by atoms with Crippen LogP contribution in [0, 0.1) is 0 Å². The average molecular weight is 278 g/mol. The lowest BCUT2D eigenvalue weighted by Crippen LogP contribution is -2.32. The largest absolute Gasteiger partial charge is 0.493 e. The Morgan fingerprint density at radius 1 is 1.15 bits per heavy atom. The molecular weight excluding hydrogens is 252 g/mol. The van der Waals surface area contributed by atoms with Gasteiger partial charge in [0.25, 0.3) is 0 Å². The summed E-state index contributed by atoms with van der Waals surface area (Å²) in [4.78, 5) is 0. The van der Waals surface area contributed by atoms with Crippen molar-refractivity contribution >= 4 is 0 Å². The van der Waals surface area contributed by atoms with E-state index in [0.29, 0.717) is 12.1 Å². The van der Waals surface area contributed by atoms with Crippen molar-refractivity contribution in [3.8, 4) is 11.5 Å². The molecule has 20 heavy (non-hydrogen) atoms. The fourth-order valence-electron chi connectivity index (χ4n) is 2.76. The summed E-state index contributed by atoms with van der Waals surface area (Å²) in [7, 11) is 3.34.